The van der Waals surface area contributed by atoms with E-state index in [9.17, 15) is 4.79 Å². The minimum absolute atomic E-state index is 0.358. The second-order valence-electron chi connectivity index (χ2n) is 4.20. The Bertz CT molecular complexity index is 735. The predicted molar refractivity (Wildman–Crippen MR) is 75.6 cm³/mol. The maximum Gasteiger partial charge on any atom is 0.279 e. The normalized spacial score (nSPS) is 14.4. The van der Waals surface area contributed by atoms with Crippen molar-refractivity contribution in [2.24, 2.45) is 12.0 Å². The molecule has 1 aliphatic heterocycles. The van der Waals surface area contributed by atoms with Crippen LogP contribution < -0.4 is 14.3 Å². The number of fused-ring (bicyclic) bond motifs is 1. The Labute approximate surface area is 124 Å². The quantitative estimate of drug-likeness (QED) is 0.812. The van der Waals surface area contributed by atoms with E-state index in [1.165, 1.54) is 11.3 Å². The maximum atomic E-state index is 12.2. The SMILES string of the molecule is Cn1ccsc1=NC(=O)c1cc(Cl)c2c(c1)OCCO2. The number of hydrogen-bond donors (Lipinski definition) is 0. The summed E-state index contributed by atoms with van der Waals surface area (Å²) in [6.45, 7) is 0.896. The molecule has 1 aliphatic rings. The van der Waals surface area contributed by atoms with Crippen LogP contribution in [0.1, 0.15) is 10.4 Å². The molecule has 0 fully saturated rings. The van der Waals surface area contributed by atoms with Gasteiger partial charge in [0, 0.05) is 24.2 Å². The standard InChI is InChI=1S/C13H11ClN2O3S/c1-16-2-5-20-13(16)15-12(17)8-6-9(14)11-10(7-8)18-3-4-19-11/h2,5-7H,3-4H2,1H3. The van der Waals surface area contributed by atoms with Gasteiger partial charge in [0.05, 0.1) is 5.02 Å². The van der Waals surface area contributed by atoms with Gasteiger partial charge in [-0.25, -0.2) is 0 Å². The van der Waals surface area contributed by atoms with Crippen LogP contribution in [0.25, 0.3) is 0 Å². The number of carbonyl (C=O) groups excluding carboxylic acids is 1. The number of nitrogens with zero attached hydrogens (tertiary/aromatic N) is 2. The monoisotopic (exact) mass is 310 g/mol. The van der Waals surface area contributed by atoms with E-state index < -0.39 is 0 Å². The highest BCUT2D eigenvalue weighted by Gasteiger charge is 2.19. The number of benzene rings is 1. The van der Waals surface area contributed by atoms with Gasteiger partial charge in [0.1, 0.15) is 13.2 Å². The lowest BCUT2D eigenvalue weighted by atomic mass is 10.2. The number of ether oxygens (including phenoxy) is 2. The molecule has 7 heteroatoms. The van der Waals surface area contributed by atoms with Crippen molar-refractivity contribution in [3.63, 3.8) is 0 Å². The van der Waals surface area contributed by atoms with Crippen molar-refractivity contribution < 1.29 is 14.3 Å². The Kier molecular flexibility index (Phi) is 3.50. The summed E-state index contributed by atoms with van der Waals surface area (Å²) in [6.07, 6.45) is 1.84. The third kappa shape index (κ3) is 2.44. The van der Waals surface area contributed by atoms with Crippen molar-refractivity contribution in [2.75, 3.05) is 13.2 Å². The summed E-state index contributed by atoms with van der Waals surface area (Å²) in [5, 5.41) is 2.22. The molecule has 104 valence electrons. The van der Waals surface area contributed by atoms with E-state index in [1.807, 2.05) is 18.6 Å². The van der Waals surface area contributed by atoms with E-state index in [0.717, 1.165) is 0 Å². The van der Waals surface area contributed by atoms with Gasteiger partial charge in [-0.15, -0.1) is 11.3 Å². The summed E-state index contributed by atoms with van der Waals surface area (Å²) in [7, 11) is 1.83. The molecule has 0 atom stereocenters. The van der Waals surface area contributed by atoms with E-state index in [1.54, 1.807) is 16.7 Å². The number of rotatable bonds is 1. The first kappa shape index (κ1) is 13.2. The van der Waals surface area contributed by atoms with Gasteiger partial charge in [0.15, 0.2) is 16.3 Å². The van der Waals surface area contributed by atoms with Crippen molar-refractivity contribution >= 4 is 28.8 Å². The van der Waals surface area contributed by atoms with E-state index in [0.29, 0.717) is 40.1 Å². The van der Waals surface area contributed by atoms with Crippen molar-refractivity contribution in [2.45, 2.75) is 0 Å². The molecule has 1 aromatic carbocycles. The molecule has 0 bridgehead atoms. The molecule has 0 saturated heterocycles. The summed E-state index contributed by atoms with van der Waals surface area (Å²) in [6, 6.07) is 3.16. The fourth-order valence-electron chi connectivity index (χ4n) is 1.82. The van der Waals surface area contributed by atoms with Crippen LogP contribution in [0.5, 0.6) is 11.5 Å². The van der Waals surface area contributed by atoms with Crippen LogP contribution in [0.4, 0.5) is 0 Å². The summed E-state index contributed by atoms with van der Waals surface area (Å²) >= 11 is 7.50. The number of hydrogen-bond acceptors (Lipinski definition) is 4. The minimum Gasteiger partial charge on any atom is -0.486 e. The van der Waals surface area contributed by atoms with Crippen LogP contribution >= 0.6 is 22.9 Å². The Hall–Kier alpha value is -1.79. The van der Waals surface area contributed by atoms with Gasteiger partial charge in [-0.05, 0) is 12.1 Å². The number of aromatic nitrogens is 1. The second kappa shape index (κ2) is 5.30. The molecule has 1 amide bonds. The number of amides is 1. The van der Waals surface area contributed by atoms with Crippen LogP contribution in [-0.4, -0.2) is 23.7 Å². The van der Waals surface area contributed by atoms with Crippen LogP contribution in [0.3, 0.4) is 0 Å². The zero-order chi connectivity index (χ0) is 14.1. The van der Waals surface area contributed by atoms with Gasteiger partial charge >= 0.3 is 0 Å². The zero-order valence-electron chi connectivity index (χ0n) is 10.6. The molecule has 5 nitrogen and oxygen atoms in total. The largest absolute Gasteiger partial charge is 0.486 e. The molecule has 0 aliphatic carbocycles. The Balaban J connectivity index is 2.01. The number of aryl methyl sites for hydroxylation is 1. The van der Waals surface area contributed by atoms with Crippen LogP contribution in [0.15, 0.2) is 28.7 Å². The Morgan fingerprint density at radius 1 is 1.40 bits per heavy atom. The van der Waals surface area contributed by atoms with Gasteiger partial charge in [-0.1, -0.05) is 11.6 Å². The highest BCUT2D eigenvalue weighted by molar-refractivity contribution is 7.07. The molecule has 2 aromatic rings. The minimum atomic E-state index is -0.359. The molecule has 20 heavy (non-hydrogen) atoms. The Morgan fingerprint density at radius 2 is 2.20 bits per heavy atom. The van der Waals surface area contributed by atoms with Crippen molar-refractivity contribution in [3.8, 4) is 11.5 Å². The van der Waals surface area contributed by atoms with E-state index >= 15 is 0 Å². The second-order valence-corrected chi connectivity index (χ2v) is 5.48. The summed E-state index contributed by atoms with van der Waals surface area (Å²) in [5.74, 6) is 0.607. The van der Waals surface area contributed by atoms with Crippen LogP contribution in [0, 0.1) is 0 Å². The molecule has 0 unspecified atom stereocenters. The fourth-order valence-corrected chi connectivity index (χ4v) is 2.81. The first-order chi connectivity index (χ1) is 9.65. The lowest BCUT2D eigenvalue weighted by Gasteiger charge is -2.19. The first-order valence-electron chi connectivity index (χ1n) is 5.93. The molecule has 0 spiro atoms. The lowest BCUT2D eigenvalue weighted by Crippen LogP contribution is -2.17. The third-order valence-corrected chi connectivity index (χ3v) is 3.93. The zero-order valence-corrected chi connectivity index (χ0v) is 12.2. The topological polar surface area (TPSA) is 52.8 Å². The summed E-state index contributed by atoms with van der Waals surface area (Å²) in [4.78, 5) is 16.9. The fraction of sp³-hybridized carbons (Fsp3) is 0.231. The van der Waals surface area contributed by atoms with E-state index in [-0.39, 0.29) is 5.91 Å². The molecule has 3 rings (SSSR count). The molecule has 0 N–H and O–H groups in total. The van der Waals surface area contributed by atoms with Crippen LogP contribution in [0.2, 0.25) is 5.02 Å². The average Bonchev–Trinajstić information content (AvgIpc) is 2.84. The average molecular weight is 311 g/mol. The highest BCUT2D eigenvalue weighted by Crippen LogP contribution is 2.38. The molecular weight excluding hydrogens is 300 g/mol. The highest BCUT2D eigenvalue weighted by atomic mass is 35.5. The molecule has 0 radical (unpaired) electrons. The number of carbonyl (C=O) groups is 1. The number of thiazole rings is 1. The molecular formula is C13H11ClN2O3S. The molecule has 0 saturated carbocycles. The van der Waals surface area contributed by atoms with Gasteiger partial charge in [-0.3, -0.25) is 4.79 Å². The van der Waals surface area contributed by atoms with E-state index in [2.05, 4.69) is 4.99 Å². The van der Waals surface area contributed by atoms with E-state index in [4.69, 9.17) is 21.1 Å². The summed E-state index contributed by atoms with van der Waals surface area (Å²) < 4.78 is 12.6. The van der Waals surface area contributed by atoms with Crippen molar-refractivity contribution in [1.29, 1.82) is 0 Å². The van der Waals surface area contributed by atoms with Gasteiger partial charge in [0.25, 0.3) is 5.91 Å². The van der Waals surface area contributed by atoms with Crippen LogP contribution in [-0.2, 0) is 7.05 Å². The molecule has 2 heterocycles. The van der Waals surface area contributed by atoms with Gasteiger partial charge in [-0.2, -0.15) is 4.99 Å². The lowest BCUT2D eigenvalue weighted by molar-refractivity contribution is 0.0996. The number of halogens is 1. The first-order valence-corrected chi connectivity index (χ1v) is 7.19. The maximum absolute atomic E-state index is 12.2. The molecule has 1 aromatic heterocycles. The van der Waals surface area contributed by atoms with Crippen molar-refractivity contribution in [1.82, 2.24) is 4.57 Å². The van der Waals surface area contributed by atoms with Gasteiger partial charge < -0.3 is 14.0 Å². The van der Waals surface area contributed by atoms with Crippen molar-refractivity contribution in [3.05, 3.63) is 39.1 Å². The smallest absolute Gasteiger partial charge is 0.279 e. The third-order valence-electron chi connectivity index (χ3n) is 2.80. The van der Waals surface area contributed by atoms with Gasteiger partial charge in [0.2, 0.25) is 0 Å². The Morgan fingerprint density at radius 3 is 2.95 bits per heavy atom. The summed E-state index contributed by atoms with van der Waals surface area (Å²) in [5.41, 5.74) is 0.382. The predicted octanol–water partition coefficient (Wildman–Crippen LogP) is 2.25.